The normalized spacial score (nSPS) is 11.6. The highest BCUT2D eigenvalue weighted by Gasteiger charge is 2.17. The zero-order chi connectivity index (χ0) is 18.5. The van der Waals surface area contributed by atoms with Gasteiger partial charge in [0.1, 0.15) is 0 Å². The number of nitrogens with one attached hydrogen (secondary N) is 2. The predicted molar refractivity (Wildman–Crippen MR) is 96.0 cm³/mol. The van der Waals surface area contributed by atoms with Crippen LogP contribution in [0.2, 0.25) is 0 Å². The van der Waals surface area contributed by atoms with Crippen LogP contribution in [0.5, 0.6) is 5.75 Å². The molecular weight excluding hydrogens is 335 g/mol. The molecule has 6 heteroatoms. The maximum Gasteiger partial charge on any atom is 0.279 e. The van der Waals surface area contributed by atoms with E-state index in [9.17, 15) is 14.0 Å². The molecule has 5 nitrogen and oxygen atoms in total. The summed E-state index contributed by atoms with van der Waals surface area (Å²) in [4.78, 5) is 24.2. The second-order valence-corrected chi connectivity index (χ2v) is 5.70. The molecule has 3 rings (SSSR count). The molecule has 0 saturated carbocycles. The molecule has 0 radical (unpaired) electrons. The predicted octanol–water partition coefficient (Wildman–Crippen LogP) is 3.21. The fourth-order valence-electron chi connectivity index (χ4n) is 2.41. The van der Waals surface area contributed by atoms with Crippen molar-refractivity contribution in [2.45, 2.75) is 13.0 Å². The van der Waals surface area contributed by atoms with Crippen LogP contribution in [-0.4, -0.2) is 17.9 Å². The van der Waals surface area contributed by atoms with Gasteiger partial charge in [-0.05, 0) is 42.0 Å². The molecule has 3 aromatic carbocycles. The molecule has 0 aliphatic carbocycles. The molecule has 1 atom stereocenters. The number of hydrogen-bond acceptors (Lipinski definition) is 3. The van der Waals surface area contributed by atoms with Gasteiger partial charge in [0.25, 0.3) is 11.8 Å². The van der Waals surface area contributed by atoms with Gasteiger partial charge in [0.2, 0.25) is 0 Å². The van der Waals surface area contributed by atoms with Gasteiger partial charge in [0.05, 0.1) is 0 Å². The Bertz CT molecular complexity index is 958. The molecule has 0 saturated heterocycles. The highest BCUT2D eigenvalue weighted by Crippen LogP contribution is 2.17. The van der Waals surface area contributed by atoms with Crippen LogP contribution >= 0.6 is 0 Å². The number of carbonyl (C=O) groups is 2. The summed E-state index contributed by atoms with van der Waals surface area (Å²) in [5.74, 6) is -1.65. The Labute approximate surface area is 149 Å². The van der Waals surface area contributed by atoms with Gasteiger partial charge in [0.15, 0.2) is 17.7 Å². The number of fused-ring (bicyclic) bond motifs is 1. The van der Waals surface area contributed by atoms with Crippen molar-refractivity contribution in [3.05, 3.63) is 78.1 Å². The first kappa shape index (κ1) is 17.4. The molecule has 0 spiro atoms. The van der Waals surface area contributed by atoms with Gasteiger partial charge in [-0.25, -0.2) is 4.39 Å². The van der Waals surface area contributed by atoms with Crippen LogP contribution in [0, 0.1) is 5.82 Å². The van der Waals surface area contributed by atoms with Crippen molar-refractivity contribution in [3.8, 4) is 5.75 Å². The molecule has 3 aromatic rings. The summed E-state index contributed by atoms with van der Waals surface area (Å²) in [5, 5.41) is 1.93. The van der Waals surface area contributed by atoms with Gasteiger partial charge in [-0.1, -0.05) is 42.5 Å². The van der Waals surface area contributed by atoms with Gasteiger partial charge < -0.3 is 4.74 Å². The van der Waals surface area contributed by atoms with E-state index in [-0.39, 0.29) is 5.75 Å². The second kappa shape index (κ2) is 7.65. The number of hydrazine groups is 1. The van der Waals surface area contributed by atoms with Crippen molar-refractivity contribution in [3.63, 3.8) is 0 Å². The van der Waals surface area contributed by atoms with E-state index >= 15 is 0 Å². The lowest BCUT2D eigenvalue weighted by Crippen LogP contribution is -2.47. The zero-order valence-electron chi connectivity index (χ0n) is 14.0. The average Bonchev–Trinajstić information content (AvgIpc) is 2.67. The fourth-order valence-corrected chi connectivity index (χ4v) is 2.41. The Morgan fingerprint density at radius 2 is 1.62 bits per heavy atom. The Kier molecular flexibility index (Phi) is 5.12. The number of ether oxygens (including phenoxy) is 1. The van der Waals surface area contributed by atoms with Crippen molar-refractivity contribution in [2.24, 2.45) is 0 Å². The first-order valence-electron chi connectivity index (χ1n) is 8.05. The average molecular weight is 352 g/mol. The van der Waals surface area contributed by atoms with Gasteiger partial charge in [-0.15, -0.1) is 0 Å². The van der Waals surface area contributed by atoms with E-state index in [0.29, 0.717) is 5.56 Å². The van der Waals surface area contributed by atoms with Gasteiger partial charge >= 0.3 is 0 Å². The lowest BCUT2D eigenvalue weighted by molar-refractivity contribution is -0.128. The lowest BCUT2D eigenvalue weighted by atomic mass is 10.1. The first-order chi connectivity index (χ1) is 12.5. The number of hydrogen-bond donors (Lipinski definition) is 2. The summed E-state index contributed by atoms with van der Waals surface area (Å²) in [5.41, 5.74) is 5.02. The lowest BCUT2D eigenvalue weighted by Gasteiger charge is -2.15. The monoisotopic (exact) mass is 352 g/mol. The SMILES string of the molecule is C[C@H](Oc1ccccc1F)C(=O)NNC(=O)c1ccc2ccccc2c1. The van der Waals surface area contributed by atoms with E-state index in [1.165, 1.54) is 25.1 Å². The van der Waals surface area contributed by atoms with Crippen molar-refractivity contribution in [1.29, 1.82) is 0 Å². The van der Waals surface area contributed by atoms with Crippen molar-refractivity contribution >= 4 is 22.6 Å². The van der Waals surface area contributed by atoms with Crippen molar-refractivity contribution < 1.29 is 18.7 Å². The maximum absolute atomic E-state index is 13.6. The molecule has 26 heavy (non-hydrogen) atoms. The van der Waals surface area contributed by atoms with Crippen LogP contribution in [0.25, 0.3) is 10.8 Å². The number of carbonyl (C=O) groups excluding carboxylic acids is 2. The van der Waals surface area contributed by atoms with Crippen LogP contribution in [0.3, 0.4) is 0 Å². The Morgan fingerprint density at radius 3 is 2.38 bits per heavy atom. The molecule has 0 fully saturated rings. The van der Waals surface area contributed by atoms with E-state index in [1.54, 1.807) is 18.2 Å². The minimum absolute atomic E-state index is 0.0315. The highest BCUT2D eigenvalue weighted by atomic mass is 19.1. The third-order valence-corrected chi connectivity index (χ3v) is 3.82. The Hall–Kier alpha value is -3.41. The number of amides is 2. The second-order valence-electron chi connectivity index (χ2n) is 5.70. The van der Waals surface area contributed by atoms with Crippen LogP contribution in [-0.2, 0) is 4.79 Å². The van der Waals surface area contributed by atoms with Crippen LogP contribution in [0.4, 0.5) is 4.39 Å². The van der Waals surface area contributed by atoms with Crippen molar-refractivity contribution in [2.75, 3.05) is 0 Å². The molecule has 2 amide bonds. The minimum Gasteiger partial charge on any atom is -0.478 e. The minimum atomic E-state index is -0.983. The van der Waals surface area contributed by atoms with Gasteiger partial charge in [-0.3, -0.25) is 20.4 Å². The van der Waals surface area contributed by atoms with E-state index < -0.39 is 23.7 Å². The molecule has 0 aromatic heterocycles. The highest BCUT2D eigenvalue weighted by molar-refractivity contribution is 5.99. The van der Waals surface area contributed by atoms with Gasteiger partial charge in [0, 0.05) is 5.56 Å². The smallest absolute Gasteiger partial charge is 0.279 e. The van der Waals surface area contributed by atoms with Crippen LogP contribution in [0.15, 0.2) is 66.7 Å². The molecule has 0 aliphatic heterocycles. The Balaban J connectivity index is 1.59. The molecule has 0 unspecified atom stereocenters. The van der Waals surface area contributed by atoms with Crippen LogP contribution in [0.1, 0.15) is 17.3 Å². The first-order valence-corrected chi connectivity index (χ1v) is 8.05. The number of benzene rings is 3. The number of rotatable bonds is 4. The van der Waals surface area contributed by atoms with E-state index in [0.717, 1.165) is 10.8 Å². The maximum atomic E-state index is 13.6. The molecule has 0 heterocycles. The molecule has 0 bridgehead atoms. The number of para-hydroxylation sites is 1. The standard InChI is InChI=1S/C20H17FN2O3/c1-13(26-18-9-5-4-8-17(18)21)19(24)22-23-20(25)16-11-10-14-6-2-3-7-15(14)12-16/h2-13H,1H3,(H,22,24)(H,23,25)/t13-/m0/s1. The van der Waals surface area contributed by atoms with Crippen LogP contribution < -0.4 is 15.6 Å². The summed E-state index contributed by atoms with van der Waals surface area (Å²) >= 11 is 0. The molecule has 0 aliphatic rings. The molecular formula is C20H17FN2O3. The van der Waals surface area contributed by atoms with E-state index in [2.05, 4.69) is 10.9 Å². The summed E-state index contributed by atoms with van der Waals surface area (Å²) in [6.45, 7) is 1.46. The zero-order valence-corrected chi connectivity index (χ0v) is 14.0. The van der Waals surface area contributed by atoms with E-state index in [1.807, 2.05) is 30.3 Å². The molecule has 132 valence electrons. The third-order valence-electron chi connectivity index (χ3n) is 3.82. The Morgan fingerprint density at radius 1 is 0.923 bits per heavy atom. The molecule has 2 N–H and O–H groups in total. The largest absolute Gasteiger partial charge is 0.478 e. The summed E-state index contributed by atoms with van der Waals surface area (Å²) < 4.78 is 18.8. The summed E-state index contributed by atoms with van der Waals surface area (Å²) in [6.07, 6.45) is -0.983. The topological polar surface area (TPSA) is 67.4 Å². The fraction of sp³-hybridized carbons (Fsp3) is 0.100. The summed E-state index contributed by atoms with van der Waals surface area (Å²) in [7, 11) is 0. The number of halogens is 1. The summed E-state index contributed by atoms with van der Waals surface area (Å²) in [6, 6.07) is 18.7. The van der Waals surface area contributed by atoms with Crippen molar-refractivity contribution in [1.82, 2.24) is 10.9 Å². The van der Waals surface area contributed by atoms with Gasteiger partial charge in [-0.2, -0.15) is 0 Å². The third kappa shape index (κ3) is 3.97. The van der Waals surface area contributed by atoms with E-state index in [4.69, 9.17) is 4.74 Å². The quantitative estimate of drug-likeness (QED) is 0.709.